The van der Waals surface area contributed by atoms with Crippen molar-refractivity contribution in [2.75, 3.05) is 7.11 Å². The van der Waals surface area contributed by atoms with Crippen molar-refractivity contribution in [3.8, 4) is 11.5 Å². The van der Waals surface area contributed by atoms with Crippen LogP contribution < -0.4 is 5.73 Å². The van der Waals surface area contributed by atoms with E-state index >= 15 is 0 Å². The lowest BCUT2D eigenvalue weighted by molar-refractivity contribution is -0.141. The Kier molecular flexibility index (Phi) is 5.63. The van der Waals surface area contributed by atoms with Crippen molar-refractivity contribution in [3.63, 3.8) is 0 Å². The predicted molar refractivity (Wildman–Crippen MR) is 60.6 cm³/mol. The molecule has 4 N–H and O–H groups in total. The van der Waals surface area contributed by atoms with Crippen LogP contribution in [0.1, 0.15) is 18.0 Å². The van der Waals surface area contributed by atoms with Gasteiger partial charge >= 0.3 is 5.97 Å². The fourth-order valence-electron chi connectivity index (χ4n) is 1.21. The standard InChI is InChI=1S/C10H13NO4.ClH/c1-15-10(14)5-8(11)7-4-6(12)2-3-9(7)13;/h2-4,8,12-13H,5,11H2,1H3;1H/t8-;/m0./s1. The van der Waals surface area contributed by atoms with Crippen molar-refractivity contribution in [1.82, 2.24) is 0 Å². The molecule has 0 spiro atoms. The number of esters is 1. The Labute approximate surface area is 99.2 Å². The van der Waals surface area contributed by atoms with Crippen LogP contribution in [0.4, 0.5) is 0 Å². The summed E-state index contributed by atoms with van der Waals surface area (Å²) in [5, 5.41) is 18.6. The molecule has 0 fully saturated rings. The van der Waals surface area contributed by atoms with Crippen molar-refractivity contribution in [2.45, 2.75) is 12.5 Å². The van der Waals surface area contributed by atoms with E-state index in [1.54, 1.807) is 0 Å². The van der Waals surface area contributed by atoms with Gasteiger partial charge in [-0.05, 0) is 18.2 Å². The molecule has 0 aliphatic heterocycles. The maximum Gasteiger partial charge on any atom is 0.307 e. The van der Waals surface area contributed by atoms with E-state index in [1.807, 2.05) is 0 Å². The number of aromatic hydroxyl groups is 2. The molecule has 0 aromatic heterocycles. The highest BCUT2D eigenvalue weighted by Gasteiger charge is 2.15. The second kappa shape index (κ2) is 6.19. The average Bonchev–Trinajstić information content (AvgIpc) is 2.21. The third kappa shape index (κ3) is 3.60. The van der Waals surface area contributed by atoms with Crippen molar-refractivity contribution in [3.05, 3.63) is 23.8 Å². The topological polar surface area (TPSA) is 92.8 Å². The fourth-order valence-corrected chi connectivity index (χ4v) is 1.21. The van der Waals surface area contributed by atoms with Crippen LogP contribution in [-0.4, -0.2) is 23.3 Å². The third-order valence-corrected chi connectivity index (χ3v) is 2.02. The maximum atomic E-state index is 10.9. The minimum atomic E-state index is -0.690. The lowest BCUT2D eigenvalue weighted by atomic mass is 10.0. The van der Waals surface area contributed by atoms with Gasteiger partial charge < -0.3 is 20.7 Å². The summed E-state index contributed by atoms with van der Waals surface area (Å²) in [5.74, 6) is -0.530. The van der Waals surface area contributed by atoms with Crippen LogP contribution in [0.5, 0.6) is 11.5 Å². The summed E-state index contributed by atoms with van der Waals surface area (Å²) >= 11 is 0. The molecule has 1 atom stereocenters. The summed E-state index contributed by atoms with van der Waals surface area (Å²) in [5.41, 5.74) is 5.99. The number of benzene rings is 1. The van der Waals surface area contributed by atoms with Gasteiger partial charge in [0, 0.05) is 11.6 Å². The molecule has 0 unspecified atom stereocenters. The normalized spacial score (nSPS) is 11.4. The van der Waals surface area contributed by atoms with Gasteiger partial charge in [0.15, 0.2) is 0 Å². The molecule has 1 rings (SSSR count). The molecule has 16 heavy (non-hydrogen) atoms. The molecule has 0 aliphatic carbocycles. The number of carbonyl (C=O) groups excluding carboxylic acids is 1. The Morgan fingerprint density at radius 2 is 2.12 bits per heavy atom. The predicted octanol–water partition coefficient (Wildman–Crippen LogP) is 1.08. The van der Waals surface area contributed by atoms with Crippen LogP contribution in [-0.2, 0) is 9.53 Å². The average molecular weight is 248 g/mol. The SMILES string of the molecule is COC(=O)C[C@H](N)c1cc(O)ccc1O.Cl. The van der Waals surface area contributed by atoms with Crippen LogP contribution in [0.2, 0.25) is 0 Å². The van der Waals surface area contributed by atoms with Gasteiger partial charge in [-0.1, -0.05) is 0 Å². The van der Waals surface area contributed by atoms with Gasteiger partial charge in [0.1, 0.15) is 11.5 Å². The first-order chi connectivity index (χ1) is 7.04. The van der Waals surface area contributed by atoms with Gasteiger partial charge in [0.2, 0.25) is 0 Å². The van der Waals surface area contributed by atoms with E-state index in [1.165, 1.54) is 25.3 Å². The zero-order chi connectivity index (χ0) is 11.4. The summed E-state index contributed by atoms with van der Waals surface area (Å²) in [6.45, 7) is 0. The quantitative estimate of drug-likeness (QED) is 0.549. The Morgan fingerprint density at radius 3 is 2.69 bits per heavy atom. The summed E-state index contributed by atoms with van der Waals surface area (Å²) in [6, 6.07) is 3.29. The molecule has 5 nitrogen and oxygen atoms in total. The summed E-state index contributed by atoms with van der Waals surface area (Å²) in [6.07, 6.45) is -0.0481. The van der Waals surface area contributed by atoms with Gasteiger partial charge in [0.05, 0.1) is 13.5 Å². The lowest BCUT2D eigenvalue weighted by Crippen LogP contribution is -2.16. The monoisotopic (exact) mass is 247 g/mol. The molecule has 6 heteroatoms. The van der Waals surface area contributed by atoms with Gasteiger partial charge in [-0.25, -0.2) is 0 Å². The minimum absolute atomic E-state index is 0. The van der Waals surface area contributed by atoms with Crippen LogP contribution in [0.15, 0.2) is 18.2 Å². The number of hydrogen-bond donors (Lipinski definition) is 3. The van der Waals surface area contributed by atoms with Gasteiger partial charge in [-0.3, -0.25) is 4.79 Å². The van der Waals surface area contributed by atoms with E-state index in [2.05, 4.69) is 4.74 Å². The molecule has 90 valence electrons. The molecule has 0 radical (unpaired) electrons. The van der Waals surface area contributed by atoms with E-state index in [9.17, 15) is 15.0 Å². The number of ether oxygens (including phenoxy) is 1. The van der Waals surface area contributed by atoms with Gasteiger partial charge in [-0.15, -0.1) is 12.4 Å². The highest BCUT2D eigenvalue weighted by Crippen LogP contribution is 2.28. The van der Waals surface area contributed by atoms with Gasteiger partial charge in [0.25, 0.3) is 0 Å². The van der Waals surface area contributed by atoms with E-state index in [-0.39, 0.29) is 30.3 Å². The lowest BCUT2D eigenvalue weighted by Gasteiger charge is -2.12. The van der Waals surface area contributed by atoms with E-state index in [0.29, 0.717) is 5.56 Å². The molecule has 0 amide bonds. The number of phenols is 2. The first-order valence-electron chi connectivity index (χ1n) is 4.39. The zero-order valence-corrected chi connectivity index (χ0v) is 9.53. The zero-order valence-electron chi connectivity index (χ0n) is 8.71. The Bertz CT molecular complexity index is 370. The van der Waals surface area contributed by atoms with Crippen molar-refractivity contribution < 1.29 is 19.7 Å². The fraction of sp³-hybridized carbons (Fsp3) is 0.300. The molecule has 1 aromatic rings. The smallest absolute Gasteiger partial charge is 0.307 e. The molecule has 0 saturated heterocycles. The number of nitrogens with two attached hydrogens (primary N) is 1. The highest BCUT2D eigenvalue weighted by atomic mass is 35.5. The number of halogens is 1. The minimum Gasteiger partial charge on any atom is -0.508 e. The van der Waals surface area contributed by atoms with Crippen molar-refractivity contribution in [1.29, 1.82) is 0 Å². The van der Waals surface area contributed by atoms with Crippen LogP contribution in [0, 0.1) is 0 Å². The molecule has 0 heterocycles. The van der Waals surface area contributed by atoms with Crippen LogP contribution in [0.3, 0.4) is 0 Å². The largest absolute Gasteiger partial charge is 0.508 e. The Morgan fingerprint density at radius 1 is 1.50 bits per heavy atom. The number of phenolic OH excluding ortho intramolecular Hbond substituents is 2. The molecule has 0 saturated carbocycles. The highest BCUT2D eigenvalue weighted by molar-refractivity contribution is 5.85. The van der Waals surface area contributed by atoms with Crippen molar-refractivity contribution in [2.24, 2.45) is 5.73 Å². The first-order valence-corrected chi connectivity index (χ1v) is 4.39. The maximum absolute atomic E-state index is 10.9. The molecular formula is C10H14ClNO4. The van der Waals surface area contributed by atoms with E-state index < -0.39 is 12.0 Å². The summed E-state index contributed by atoms with van der Waals surface area (Å²) in [7, 11) is 1.26. The molecule has 0 bridgehead atoms. The second-order valence-electron chi connectivity index (χ2n) is 3.13. The van der Waals surface area contributed by atoms with E-state index in [0.717, 1.165) is 0 Å². The number of methoxy groups -OCH3 is 1. The number of hydrogen-bond acceptors (Lipinski definition) is 5. The molecule has 1 aromatic carbocycles. The number of carbonyl (C=O) groups is 1. The summed E-state index contributed by atoms with van der Waals surface area (Å²) < 4.78 is 4.45. The molecular weight excluding hydrogens is 234 g/mol. The van der Waals surface area contributed by atoms with Crippen LogP contribution >= 0.6 is 12.4 Å². The third-order valence-electron chi connectivity index (χ3n) is 2.02. The Hall–Kier alpha value is -1.46. The number of rotatable bonds is 3. The molecule has 0 aliphatic rings. The van der Waals surface area contributed by atoms with Crippen LogP contribution in [0.25, 0.3) is 0 Å². The van der Waals surface area contributed by atoms with Gasteiger partial charge in [-0.2, -0.15) is 0 Å². The summed E-state index contributed by atoms with van der Waals surface area (Å²) in [4.78, 5) is 10.9. The Balaban J connectivity index is 0.00000225. The second-order valence-corrected chi connectivity index (χ2v) is 3.13. The van der Waals surface area contributed by atoms with Crippen molar-refractivity contribution >= 4 is 18.4 Å². The van der Waals surface area contributed by atoms with E-state index in [4.69, 9.17) is 5.73 Å². The first kappa shape index (κ1) is 14.5.